The SMILES string of the molecule is Cc1cc(C)c(NC(=O)C[NH+](C)Cc2cc(C)ccc2C)c(C)c1. The zero-order valence-electron chi connectivity index (χ0n) is 15.7. The van der Waals surface area contributed by atoms with Gasteiger partial charge in [-0.15, -0.1) is 0 Å². The lowest BCUT2D eigenvalue weighted by molar-refractivity contribution is -0.885. The number of carbonyl (C=O) groups excluding carboxylic acids is 1. The molecule has 2 rings (SSSR count). The Bertz CT molecular complexity index is 726. The molecule has 3 heteroatoms. The van der Waals surface area contributed by atoms with Crippen molar-refractivity contribution in [3.8, 4) is 0 Å². The molecule has 3 nitrogen and oxygen atoms in total. The number of likely N-dealkylation sites (N-methyl/N-ethyl adjacent to an activating group) is 1. The Kier molecular flexibility index (Phi) is 5.79. The summed E-state index contributed by atoms with van der Waals surface area (Å²) in [5.74, 6) is 0.0628. The maximum atomic E-state index is 12.4. The van der Waals surface area contributed by atoms with Crippen molar-refractivity contribution in [1.29, 1.82) is 0 Å². The van der Waals surface area contributed by atoms with Crippen molar-refractivity contribution in [2.45, 2.75) is 41.2 Å². The average molecular weight is 325 g/mol. The van der Waals surface area contributed by atoms with E-state index in [1.807, 2.05) is 13.8 Å². The molecule has 128 valence electrons. The summed E-state index contributed by atoms with van der Waals surface area (Å²) in [7, 11) is 2.07. The Hall–Kier alpha value is -2.13. The monoisotopic (exact) mass is 325 g/mol. The Morgan fingerprint density at radius 1 is 0.917 bits per heavy atom. The molecule has 1 atom stereocenters. The fourth-order valence-electron chi connectivity index (χ4n) is 3.21. The highest BCUT2D eigenvalue weighted by atomic mass is 16.2. The minimum Gasteiger partial charge on any atom is -0.326 e. The van der Waals surface area contributed by atoms with Gasteiger partial charge in [-0.3, -0.25) is 4.79 Å². The van der Waals surface area contributed by atoms with E-state index in [0.717, 1.165) is 23.4 Å². The second kappa shape index (κ2) is 7.63. The van der Waals surface area contributed by atoms with Crippen LogP contribution in [0, 0.1) is 34.6 Å². The van der Waals surface area contributed by atoms with Crippen molar-refractivity contribution in [3.05, 3.63) is 63.7 Å². The Morgan fingerprint density at radius 3 is 2.17 bits per heavy atom. The molecule has 0 heterocycles. The number of quaternary nitrogens is 1. The number of amides is 1. The molecule has 2 aromatic rings. The van der Waals surface area contributed by atoms with Gasteiger partial charge < -0.3 is 10.2 Å². The number of aryl methyl sites for hydroxylation is 5. The Labute approximate surface area is 145 Å². The van der Waals surface area contributed by atoms with Gasteiger partial charge in [-0.1, -0.05) is 41.5 Å². The van der Waals surface area contributed by atoms with E-state index < -0.39 is 0 Å². The van der Waals surface area contributed by atoms with Crippen molar-refractivity contribution in [3.63, 3.8) is 0 Å². The molecule has 1 unspecified atom stereocenters. The minimum atomic E-state index is 0.0628. The maximum absolute atomic E-state index is 12.4. The summed E-state index contributed by atoms with van der Waals surface area (Å²) in [4.78, 5) is 13.6. The molecule has 0 fully saturated rings. The molecule has 0 bridgehead atoms. The van der Waals surface area contributed by atoms with Crippen LogP contribution < -0.4 is 10.2 Å². The molecule has 24 heavy (non-hydrogen) atoms. The van der Waals surface area contributed by atoms with E-state index in [2.05, 4.69) is 63.5 Å². The van der Waals surface area contributed by atoms with Crippen LogP contribution in [0.1, 0.15) is 33.4 Å². The first-order chi connectivity index (χ1) is 11.3. The maximum Gasteiger partial charge on any atom is 0.279 e. The molecular formula is C21H29N2O+. The van der Waals surface area contributed by atoms with Crippen molar-refractivity contribution in [2.24, 2.45) is 0 Å². The molecule has 0 aliphatic heterocycles. The van der Waals surface area contributed by atoms with Gasteiger partial charge in [-0.2, -0.15) is 0 Å². The summed E-state index contributed by atoms with van der Waals surface area (Å²) in [6.07, 6.45) is 0. The molecular weight excluding hydrogens is 296 g/mol. The molecule has 0 saturated heterocycles. The smallest absolute Gasteiger partial charge is 0.279 e. The number of carbonyl (C=O) groups is 1. The summed E-state index contributed by atoms with van der Waals surface area (Å²) < 4.78 is 0. The molecule has 1 amide bonds. The normalized spacial score (nSPS) is 12.1. The summed E-state index contributed by atoms with van der Waals surface area (Å²) in [5.41, 5.74) is 8.26. The zero-order valence-corrected chi connectivity index (χ0v) is 15.7. The molecule has 2 N–H and O–H groups in total. The quantitative estimate of drug-likeness (QED) is 0.871. The third-order valence-electron chi connectivity index (χ3n) is 4.40. The van der Waals surface area contributed by atoms with Gasteiger partial charge in [0.05, 0.1) is 7.05 Å². The lowest BCUT2D eigenvalue weighted by Crippen LogP contribution is -3.08. The molecule has 0 saturated carbocycles. The van der Waals surface area contributed by atoms with Gasteiger partial charge in [0.1, 0.15) is 6.54 Å². The lowest BCUT2D eigenvalue weighted by atomic mass is 10.0. The van der Waals surface area contributed by atoms with E-state index in [0.29, 0.717) is 6.54 Å². The first-order valence-corrected chi connectivity index (χ1v) is 8.51. The lowest BCUT2D eigenvalue weighted by Gasteiger charge is -2.17. The van der Waals surface area contributed by atoms with Crippen LogP contribution in [-0.4, -0.2) is 19.5 Å². The Morgan fingerprint density at radius 2 is 1.54 bits per heavy atom. The number of benzene rings is 2. The van der Waals surface area contributed by atoms with E-state index in [1.165, 1.54) is 27.2 Å². The van der Waals surface area contributed by atoms with Gasteiger partial charge in [0, 0.05) is 11.3 Å². The standard InChI is InChI=1S/C21H28N2O/c1-14-7-8-16(3)19(11-14)12-23(6)13-20(24)22-21-17(4)9-15(2)10-18(21)5/h7-11H,12-13H2,1-6H3,(H,22,24)/p+1. The van der Waals surface area contributed by atoms with Crippen LogP contribution in [0.25, 0.3) is 0 Å². The number of hydrogen-bond donors (Lipinski definition) is 2. The number of hydrogen-bond acceptors (Lipinski definition) is 1. The third-order valence-corrected chi connectivity index (χ3v) is 4.40. The minimum absolute atomic E-state index is 0.0628. The highest BCUT2D eigenvalue weighted by Crippen LogP contribution is 2.21. The van der Waals surface area contributed by atoms with Gasteiger partial charge >= 0.3 is 0 Å². The Balaban J connectivity index is 2.01. The second-order valence-corrected chi connectivity index (χ2v) is 7.06. The van der Waals surface area contributed by atoms with Gasteiger partial charge in [0.2, 0.25) is 0 Å². The molecule has 0 radical (unpaired) electrons. The predicted molar refractivity (Wildman–Crippen MR) is 101 cm³/mol. The fraction of sp³-hybridized carbons (Fsp3) is 0.381. The number of nitrogens with one attached hydrogen (secondary N) is 2. The molecule has 0 aliphatic carbocycles. The van der Waals surface area contributed by atoms with Crippen LogP contribution in [0.5, 0.6) is 0 Å². The predicted octanol–water partition coefficient (Wildman–Crippen LogP) is 2.88. The van der Waals surface area contributed by atoms with Crippen LogP contribution in [-0.2, 0) is 11.3 Å². The van der Waals surface area contributed by atoms with Gasteiger partial charge in [0.15, 0.2) is 6.54 Å². The van der Waals surface area contributed by atoms with Gasteiger partial charge in [-0.05, 0) is 51.3 Å². The summed E-state index contributed by atoms with van der Waals surface area (Å²) in [6.45, 7) is 11.7. The number of anilines is 1. The van der Waals surface area contributed by atoms with E-state index in [4.69, 9.17) is 0 Å². The summed E-state index contributed by atoms with van der Waals surface area (Å²) >= 11 is 0. The van der Waals surface area contributed by atoms with Crippen LogP contribution in [0.15, 0.2) is 30.3 Å². The average Bonchev–Trinajstić information content (AvgIpc) is 2.46. The first kappa shape index (κ1) is 18.2. The van der Waals surface area contributed by atoms with Crippen molar-refractivity contribution in [2.75, 3.05) is 18.9 Å². The highest BCUT2D eigenvalue weighted by molar-refractivity contribution is 5.93. The van der Waals surface area contributed by atoms with E-state index >= 15 is 0 Å². The fourth-order valence-corrected chi connectivity index (χ4v) is 3.21. The molecule has 0 aliphatic rings. The van der Waals surface area contributed by atoms with Crippen molar-refractivity contribution < 1.29 is 9.69 Å². The van der Waals surface area contributed by atoms with E-state index in [9.17, 15) is 4.79 Å². The van der Waals surface area contributed by atoms with Crippen LogP contribution in [0.2, 0.25) is 0 Å². The summed E-state index contributed by atoms with van der Waals surface area (Å²) in [5, 5.41) is 3.09. The van der Waals surface area contributed by atoms with Gasteiger partial charge in [-0.25, -0.2) is 0 Å². The van der Waals surface area contributed by atoms with Crippen molar-refractivity contribution >= 4 is 11.6 Å². The van der Waals surface area contributed by atoms with Crippen LogP contribution >= 0.6 is 0 Å². The summed E-state index contributed by atoms with van der Waals surface area (Å²) in [6, 6.07) is 10.7. The largest absolute Gasteiger partial charge is 0.326 e. The van der Waals surface area contributed by atoms with Crippen LogP contribution in [0.3, 0.4) is 0 Å². The zero-order chi connectivity index (χ0) is 17.9. The topological polar surface area (TPSA) is 33.5 Å². The third kappa shape index (κ3) is 4.68. The number of rotatable bonds is 5. The molecule has 0 aromatic heterocycles. The molecule has 0 spiro atoms. The van der Waals surface area contributed by atoms with E-state index in [1.54, 1.807) is 0 Å². The second-order valence-electron chi connectivity index (χ2n) is 7.06. The first-order valence-electron chi connectivity index (χ1n) is 8.51. The van der Waals surface area contributed by atoms with E-state index in [-0.39, 0.29) is 5.91 Å². The van der Waals surface area contributed by atoms with Crippen LogP contribution in [0.4, 0.5) is 5.69 Å². The highest BCUT2D eigenvalue weighted by Gasteiger charge is 2.14. The van der Waals surface area contributed by atoms with Crippen molar-refractivity contribution in [1.82, 2.24) is 0 Å². The van der Waals surface area contributed by atoms with Gasteiger partial charge in [0.25, 0.3) is 5.91 Å². The molecule has 2 aromatic carbocycles.